The van der Waals surface area contributed by atoms with E-state index in [-0.39, 0.29) is 5.91 Å². The Kier molecular flexibility index (Phi) is 6.81. The number of nitrogens with one attached hydrogen (secondary N) is 1. The standard InChI is InChI=1S/C23H23N5O3/c29-22(12-5-13-28-26-23(25-27-28)19-8-2-1-3-9-19)24-20-10-4-7-18(15-20)16-30-17-21-11-6-14-31-21/h1-4,6-11,14-15H,5,12-13,16-17H2,(H,24,29). The number of amides is 1. The molecular weight excluding hydrogens is 394 g/mol. The molecule has 0 spiro atoms. The number of carbonyl (C=O) groups excluding carboxylic acids is 1. The van der Waals surface area contributed by atoms with Gasteiger partial charge in [-0.05, 0) is 41.5 Å². The summed E-state index contributed by atoms with van der Waals surface area (Å²) in [6.07, 6.45) is 2.60. The van der Waals surface area contributed by atoms with Gasteiger partial charge in [-0.3, -0.25) is 4.79 Å². The average molecular weight is 417 g/mol. The molecular formula is C23H23N5O3. The maximum atomic E-state index is 12.3. The first-order valence-corrected chi connectivity index (χ1v) is 10.1. The summed E-state index contributed by atoms with van der Waals surface area (Å²) >= 11 is 0. The highest BCUT2D eigenvalue weighted by Crippen LogP contribution is 2.14. The van der Waals surface area contributed by atoms with Gasteiger partial charge in [0.15, 0.2) is 0 Å². The van der Waals surface area contributed by atoms with Crippen LogP contribution in [0.2, 0.25) is 0 Å². The molecule has 8 nitrogen and oxygen atoms in total. The van der Waals surface area contributed by atoms with Gasteiger partial charge in [0.2, 0.25) is 11.7 Å². The highest BCUT2D eigenvalue weighted by atomic mass is 16.5. The fourth-order valence-electron chi connectivity index (χ4n) is 3.05. The van der Waals surface area contributed by atoms with Crippen LogP contribution in [0.3, 0.4) is 0 Å². The fourth-order valence-corrected chi connectivity index (χ4v) is 3.05. The van der Waals surface area contributed by atoms with Crippen molar-refractivity contribution in [3.63, 3.8) is 0 Å². The molecule has 0 saturated heterocycles. The number of anilines is 1. The molecule has 2 heterocycles. The van der Waals surface area contributed by atoms with Gasteiger partial charge in [-0.2, -0.15) is 4.80 Å². The normalized spacial score (nSPS) is 10.8. The predicted octanol–water partition coefficient (Wildman–Crippen LogP) is 4.07. The number of hydrogen-bond donors (Lipinski definition) is 1. The SMILES string of the molecule is O=C(CCCn1nnc(-c2ccccc2)n1)Nc1cccc(COCc2ccco2)c1. The first-order chi connectivity index (χ1) is 15.3. The van der Waals surface area contributed by atoms with Crippen LogP contribution in [0.4, 0.5) is 5.69 Å². The third kappa shape index (κ3) is 6.10. The molecule has 1 amide bonds. The molecule has 0 aliphatic heterocycles. The summed E-state index contributed by atoms with van der Waals surface area (Å²) in [4.78, 5) is 13.8. The van der Waals surface area contributed by atoms with Crippen molar-refractivity contribution in [3.8, 4) is 11.4 Å². The Morgan fingerprint density at radius 2 is 1.94 bits per heavy atom. The zero-order valence-electron chi connectivity index (χ0n) is 17.0. The van der Waals surface area contributed by atoms with Crippen LogP contribution in [0.25, 0.3) is 11.4 Å². The number of tetrazole rings is 1. The van der Waals surface area contributed by atoms with E-state index in [0.29, 0.717) is 38.4 Å². The van der Waals surface area contributed by atoms with E-state index in [0.717, 1.165) is 22.6 Å². The number of rotatable bonds is 10. The van der Waals surface area contributed by atoms with Gasteiger partial charge in [-0.15, -0.1) is 10.2 Å². The highest BCUT2D eigenvalue weighted by Gasteiger charge is 2.07. The number of ether oxygens (including phenoxy) is 1. The van der Waals surface area contributed by atoms with Crippen molar-refractivity contribution in [1.82, 2.24) is 20.2 Å². The van der Waals surface area contributed by atoms with E-state index in [2.05, 4.69) is 20.7 Å². The second-order valence-electron chi connectivity index (χ2n) is 7.00. The smallest absolute Gasteiger partial charge is 0.224 e. The minimum Gasteiger partial charge on any atom is -0.467 e. The number of aryl methyl sites for hydroxylation is 1. The molecule has 2 aromatic heterocycles. The van der Waals surface area contributed by atoms with E-state index < -0.39 is 0 Å². The molecule has 4 aromatic rings. The van der Waals surface area contributed by atoms with Crippen molar-refractivity contribution in [3.05, 3.63) is 84.3 Å². The number of benzene rings is 2. The average Bonchev–Trinajstić information content (AvgIpc) is 3.47. The summed E-state index contributed by atoms with van der Waals surface area (Å²) in [5, 5.41) is 15.4. The quantitative estimate of drug-likeness (QED) is 0.418. The van der Waals surface area contributed by atoms with Crippen LogP contribution in [0.1, 0.15) is 24.2 Å². The van der Waals surface area contributed by atoms with E-state index in [4.69, 9.17) is 9.15 Å². The fraction of sp³-hybridized carbons (Fsp3) is 0.217. The van der Waals surface area contributed by atoms with Gasteiger partial charge in [0.05, 0.1) is 19.4 Å². The summed E-state index contributed by atoms with van der Waals surface area (Å²) < 4.78 is 10.9. The lowest BCUT2D eigenvalue weighted by Crippen LogP contribution is -2.13. The first-order valence-electron chi connectivity index (χ1n) is 10.1. The molecule has 0 aliphatic rings. The van der Waals surface area contributed by atoms with Crippen molar-refractivity contribution in [1.29, 1.82) is 0 Å². The third-order valence-corrected chi connectivity index (χ3v) is 4.55. The van der Waals surface area contributed by atoms with Crippen LogP contribution in [0.15, 0.2) is 77.4 Å². The van der Waals surface area contributed by atoms with Gasteiger partial charge in [0.25, 0.3) is 0 Å². The van der Waals surface area contributed by atoms with Crippen LogP contribution in [0, 0.1) is 0 Å². The summed E-state index contributed by atoms with van der Waals surface area (Å²) in [6.45, 7) is 1.37. The van der Waals surface area contributed by atoms with Gasteiger partial charge >= 0.3 is 0 Å². The van der Waals surface area contributed by atoms with Crippen molar-refractivity contribution in [2.24, 2.45) is 0 Å². The van der Waals surface area contributed by atoms with Gasteiger partial charge in [0, 0.05) is 17.7 Å². The summed E-state index contributed by atoms with van der Waals surface area (Å²) in [5.41, 5.74) is 2.64. The number of nitrogens with zero attached hydrogens (tertiary/aromatic N) is 4. The minimum absolute atomic E-state index is 0.0583. The molecule has 0 saturated carbocycles. The number of hydrogen-bond acceptors (Lipinski definition) is 6. The Labute approximate surface area is 179 Å². The Morgan fingerprint density at radius 1 is 1.03 bits per heavy atom. The van der Waals surface area contributed by atoms with Crippen molar-refractivity contribution in [2.75, 3.05) is 5.32 Å². The molecule has 0 aliphatic carbocycles. The van der Waals surface area contributed by atoms with Crippen molar-refractivity contribution < 1.29 is 13.9 Å². The zero-order chi connectivity index (χ0) is 21.3. The van der Waals surface area contributed by atoms with E-state index in [1.165, 1.54) is 4.80 Å². The molecule has 158 valence electrons. The van der Waals surface area contributed by atoms with Crippen molar-refractivity contribution in [2.45, 2.75) is 32.6 Å². The lowest BCUT2D eigenvalue weighted by atomic mass is 10.2. The molecule has 31 heavy (non-hydrogen) atoms. The Hall–Kier alpha value is -3.78. The van der Waals surface area contributed by atoms with Gasteiger partial charge < -0.3 is 14.5 Å². The van der Waals surface area contributed by atoms with Gasteiger partial charge in [-0.25, -0.2) is 0 Å². The lowest BCUT2D eigenvalue weighted by Gasteiger charge is -2.08. The zero-order valence-corrected chi connectivity index (χ0v) is 17.0. The van der Waals surface area contributed by atoms with E-state index >= 15 is 0 Å². The largest absolute Gasteiger partial charge is 0.467 e. The molecule has 0 fully saturated rings. The van der Waals surface area contributed by atoms with Crippen LogP contribution in [-0.4, -0.2) is 26.1 Å². The molecule has 0 bridgehead atoms. The number of furan rings is 1. The van der Waals surface area contributed by atoms with Crippen LogP contribution >= 0.6 is 0 Å². The molecule has 8 heteroatoms. The van der Waals surface area contributed by atoms with E-state index in [9.17, 15) is 4.79 Å². The second-order valence-corrected chi connectivity index (χ2v) is 7.00. The third-order valence-electron chi connectivity index (χ3n) is 4.55. The maximum absolute atomic E-state index is 12.3. The molecule has 0 radical (unpaired) electrons. The van der Waals surface area contributed by atoms with Crippen molar-refractivity contribution >= 4 is 11.6 Å². The Bertz CT molecular complexity index is 1090. The molecule has 2 aromatic carbocycles. The summed E-state index contributed by atoms with van der Waals surface area (Å²) in [7, 11) is 0. The first kappa shape index (κ1) is 20.5. The molecule has 0 atom stereocenters. The van der Waals surface area contributed by atoms with Crippen LogP contribution in [-0.2, 0) is 29.3 Å². The van der Waals surface area contributed by atoms with Crippen LogP contribution in [0.5, 0.6) is 0 Å². The predicted molar refractivity (Wildman–Crippen MR) is 115 cm³/mol. The lowest BCUT2D eigenvalue weighted by molar-refractivity contribution is -0.116. The van der Waals surface area contributed by atoms with Gasteiger partial charge in [-0.1, -0.05) is 42.5 Å². The highest BCUT2D eigenvalue weighted by molar-refractivity contribution is 5.90. The number of carbonyl (C=O) groups is 1. The van der Waals surface area contributed by atoms with E-state index in [1.54, 1.807) is 6.26 Å². The van der Waals surface area contributed by atoms with Crippen LogP contribution < -0.4 is 5.32 Å². The monoisotopic (exact) mass is 417 g/mol. The second kappa shape index (κ2) is 10.3. The Morgan fingerprint density at radius 3 is 2.77 bits per heavy atom. The summed E-state index contributed by atoms with van der Waals surface area (Å²) in [6, 6.07) is 21.0. The molecule has 0 unspecified atom stereocenters. The van der Waals surface area contributed by atoms with E-state index in [1.807, 2.05) is 66.7 Å². The molecule has 1 N–H and O–H groups in total. The minimum atomic E-state index is -0.0583. The summed E-state index contributed by atoms with van der Waals surface area (Å²) in [5.74, 6) is 1.30. The number of aromatic nitrogens is 4. The Balaban J connectivity index is 1.20. The topological polar surface area (TPSA) is 95.1 Å². The maximum Gasteiger partial charge on any atom is 0.224 e. The molecule has 4 rings (SSSR count). The van der Waals surface area contributed by atoms with Gasteiger partial charge in [0.1, 0.15) is 12.4 Å².